The van der Waals surface area contributed by atoms with Gasteiger partial charge in [-0.2, -0.15) is 4.99 Å². The van der Waals surface area contributed by atoms with Crippen LogP contribution in [0.15, 0.2) is 23.2 Å². The largest absolute Gasteiger partial charge is 0.312 e. The molecule has 66 valence electrons. The Labute approximate surface area is 76.5 Å². The highest BCUT2D eigenvalue weighted by Gasteiger charge is 2.11. The minimum absolute atomic E-state index is 0.750. The molecular formula is C10H10N2O. The van der Waals surface area contributed by atoms with Crippen molar-refractivity contribution in [3.63, 3.8) is 0 Å². The Hall–Kier alpha value is -1.44. The molecule has 0 saturated carbocycles. The first kappa shape index (κ1) is 8.17. The molecule has 0 aromatic heterocycles. The average molecular weight is 174 g/mol. The van der Waals surface area contributed by atoms with Crippen molar-refractivity contribution in [2.45, 2.75) is 13.0 Å². The van der Waals surface area contributed by atoms with Gasteiger partial charge in [0.2, 0.25) is 6.08 Å². The minimum Gasteiger partial charge on any atom is -0.312 e. The monoisotopic (exact) mass is 174 g/mol. The summed E-state index contributed by atoms with van der Waals surface area (Å²) in [5, 5.41) is 3.25. The molecule has 1 aliphatic heterocycles. The maximum Gasteiger partial charge on any atom is 0.240 e. The van der Waals surface area contributed by atoms with Crippen LogP contribution in [-0.2, 0) is 17.8 Å². The highest BCUT2D eigenvalue weighted by molar-refractivity contribution is 5.56. The van der Waals surface area contributed by atoms with E-state index in [2.05, 4.69) is 16.4 Å². The predicted octanol–water partition coefficient (Wildman–Crippen LogP) is 1.30. The molecule has 2 rings (SSSR count). The number of nitrogens with zero attached hydrogens (tertiary/aromatic N) is 1. The van der Waals surface area contributed by atoms with Crippen molar-refractivity contribution in [2.24, 2.45) is 4.99 Å². The summed E-state index contributed by atoms with van der Waals surface area (Å²) in [6.45, 7) is 1.80. The number of fused-ring (bicyclic) bond motifs is 1. The molecule has 0 saturated heterocycles. The summed E-state index contributed by atoms with van der Waals surface area (Å²) in [4.78, 5) is 13.8. The van der Waals surface area contributed by atoms with E-state index in [-0.39, 0.29) is 0 Å². The summed E-state index contributed by atoms with van der Waals surface area (Å²) in [6.07, 6.45) is 2.59. The number of aliphatic imine (C=N–C) groups is 1. The Morgan fingerprint density at radius 3 is 3.23 bits per heavy atom. The highest BCUT2D eigenvalue weighted by Crippen LogP contribution is 2.24. The summed E-state index contributed by atoms with van der Waals surface area (Å²) in [5.74, 6) is 0. The van der Waals surface area contributed by atoms with Crippen LogP contribution in [0.1, 0.15) is 11.1 Å². The summed E-state index contributed by atoms with van der Waals surface area (Å²) in [7, 11) is 0. The first-order chi connectivity index (χ1) is 6.42. The van der Waals surface area contributed by atoms with Gasteiger partial charge in [0.25, 0.3) is 0 Å². The van der Waals surface area contributed by atoms with Crippen molar-refractivity contribution in [3.8, 4) is 0 Å². The number of carbonyl (C=O) groups excluding carboxylic acids is 1. The second kappa shape index (κ2) is 3.52. The fraction of sp³-hybridized carbons (Fsp3) is 0.300. The molecule has 1 aromatic rings. The van der Waals surface area contributed by atoms with Crippen molar-refractivity contribution < 1.29 is 4.79 Å². The van der Waals surface area contributed by atoms with Gasteiger partial charge in [0.1, 0.15) is 0 Å². The summed E-state index contributed by atoms with van der Waals surface area (Å²) in [5.41, 5.74) is 3.17. The number of rotatable bonds is 1. The molecule has 0 bridgehead atoms. The summed E-state index contributed by atoms with van der Waals surface area (Å²) in [6, 6.07) is 5.86. The molecule has 0 amide bonds. The van der Waals surface area contributed by atoms with E-state index in [1.54, 1.807) is 6.08 Å². The van der Waals surface area contributed by atoms with E-state index in [0.29, 0.717) is 0 Å². The van der Waals surface area contributed by atoms with E-state index in [1.807, 2.05) is 12.1 Å². The molecule has 1 aliphatic rings. The second-order valence-corrected chi connectivity index (χ2v) is 3.04. The Morgan fingerprint density at radius 1 is 1.46 bits per heavy atom. The topological polar surface area (TPSA) is 41.5 Å². The third-order valence-corrected chi connectivity index (χ3v) is 2.29. The number of isocyanates is 1. The van der Waals surface area contributed by atoms with Crippen molar-refractivity contribution in [1.29, 1.82) is 0 Å². The average Bonchev–Trinajstić information content (AvgIpc) is 2.19. The molecule has 0 atom stereocenters. The zero-order valence-electron chi connectivity index (χ0n) is 7.21. The van der Waals surface area contributed by atoms with Gasteiger partial charge in [-0.3, -0.25) is 0 Å². The fourth-order valence-electron chi connectivity index (χ4n) is 1.65. The van der Waals surface area contributed by atoms with E-state index in [9.17, 15) is 4.79 Å². The Kier molecular flexibility index (Phi) is 2.21. The molecular weight excluding hydrogens is 164 g/mol. The van der Waals surface area contributed by atoms with Crippen LogP contribution in [0.4, 0.5) is 5.69 Å². The highest BCUT2D eigenvalue weighted by atomic mass is 16.1. The van der Waals surface area contributed by atoms with Crippen molar-refractivity contribution in [3.05, 3.63) is 29.3 Å². The van der Waals surface area contributed by atoms with E-state index >= 15 is 0 Å². The number of benzene rings is 1. The SMILES string of the molecule is O=C=Nc1cccc2c1CNCC2. The van der Waals surface area contributed by atoms with Crippen LogP contribution in [0.5, 0.6) is 0 Å². The Bertz CT molecular complexity index is 367. The third-order valence-electron chi connectivity index (χ3n) is 2.29. The first-order valence-electron chi connectivity index (χ1n) is 4.31. The summed E-state index contributed by atoms with van der Waals surface area (Å²) >= 11 is 0. The van der Waals surface area contributed by atoms with E-state index in [4.69, 9.17) is 0 Å². The maximum absolute atomic E-state index is 10.1. The smallest absolute Gasteiger partial charge is 0.240 e. The Balaban J connectivity index is 2.51. The van der Waals surface area contributed by atoms with Crippen LogP contribution in [-0.4, -0.2) is 12.6 Å². The quantitative estimate of drug-likeness (QED) is 0.515. The standard InChI is InChI=1S/C10H10N2O/c13-7-12-10-3-1-2-8-4-5-11-6-9(8)10/h1-3,11H,4-6H2. The zero-order chi connectivity index (χ0) is 9.10. The van der Waals surface area contributed by atoms with Gasteiger partial charge in [-0.25, -0.2) is 4.79 Å². The van der Waals surface area contributed by atoms with Crippen LogP contribution in [0.2, 0.25) is 0 Å². The minimum atomic E-state index is 0.750. The van der Waals surface area contributed by atoms with Crippen LogP contribution in [0.25, 0.3) is 0 Å². The third kappa shape index (κ3) is 1.52. The van der Waals surface area contributed by atoms with E-state index < -0.39 is 0 Å². The molecule has 0 radical (unpaired) electrons. The van der Waals surface area contributed by atoms with Gasteiger partial charge >= 0.3 is 0 Å². The number of hydrogen-bond acceptors (Lipinski definition) is 3. The van der Waals surface area contributed by atoms with Gasteiger partial charge < -0.3 is 5.32 Å². The lowest BCUT2D eigenvalue weighted by Crippen LogP contribution is -2.23. The molecule has 0 unspecified atom stereocenters. The lowest BCUT2D eigenvalue weighted by Gasteiger charge is -2.17. The number of nitrogens with one attached hydrogen (secondary N) is 1. The first-order valence-corrected chi connectivity index (χ1v) is 4.31. The van der Waals surface area contributed by atoms with Crippen LogP contribution >= 0.6 is 0 Å². The molecule has 1 heterocycles. The van der Waals surface area contributed by atoms with Gasteiger partial charge in [-0.1, -0.05) is 12.1 Å². The molecule has 13 heavy (non-hydrogen) atoms. The lowest BCUT2D eigenvalue weighted by molar-refractivity contribution is 0.565. The maximum atomic E-state index is 10.1. The van der Waals surface area contributed by atoms with Crippen molar-refractivity contribution in [2.75, 3.05) is 6.54 Å². The fourth-order valence-corrected chi connectivity index (χ4v) is 1.65. The van der Waals surface area contributed by atoms with Gasteiger partial charge in [0, 0.05) is 6.54 Å². The summed E-state index contributed by atoms with van der Waals surface area (Å²) < 4.78 is 0. The Morgan fingerprint density at radius 2 is 2.38 bits per heavy atom. The predicted molar refractivity (Wildman–Crippen MR) is 49.6 cm³/mol. The molecule has 3 nitrogen and oxygen atoms in total. The molecule has 0 spiro atoms. The second-order valence-electron chi connectivity index (χ2n) is 3.04. The zero-order valence-corrected chi connectivity index (χ0v) is 7.21. The van der Waals surface area contributed by atoms with Crippen molar-refractivity contribution >= 4 is 11.8 Å². The lowest BCUT2D eigenvalue weighted by atomic mass is 10.00. The van der Waals surface area contributed by atoms with Gasteiger partial charge in [-0.05, 0) is 30.2 Å². The molecule has 3 heteroatoms. The molecule has 1 N–H and O–H groups in total. The molecule has 0 aliphatic carbocycles. The molecule has 1 aromatic carbocycles. The van der Waals surface area contributed by atoms with Gasteiger partial charge in [0.15, 0.2) is 0 Å². The normalized spacial score (nSPS) is 14.5. The molecule has 0 fully saturated rings. The number of hydrogen-bond donors (Lipinski definition) is 1. The van der Waals surface area contributed by atoms with Crippen molar-refractivity contribution in [1.82, 2.24) is 5.32 Å². The van der Waals surface area contributed by atoms with Crippen LogP contribution < -0.4 is 5.32 Å². The van der Waals surface area contributed by atoms with E-state index in [0.717, 1.165) is 30.8 Å². The van der Waals surface area contributed by atoms with Gasteiger partial charge in [-0.15, -0.1) is 0 Å². The van der Waals surface area contributed by atoms with Crippen LogP contribution in [0, 0.1) is 0 Å². The van der Waals surface area contributed by atoms with E-state index in [1.165, 1.54) is 5.56 Å². The van der Waals surface area contributed by atoms with Crippen LogP contribution in [0.3, 0.4) is 0 Å². The van der Waals surface area contributed by atoms with Gasteiger partial charge in [0.05, 0.1) is 5.69 Å².